The molecule has 0 aliphatic heterocycles. The number of para-hydroxylation sites is 1. The number of thioether (sulfide) groups is 1. The van der Waals surface area contributed by atoms with Gasteiger partial charge in [0.1, 0.15) is 17.2 Å². The highest BCUT2D eigenvalue weighted by atomic mass is 32.2. The first-order valence-electron chi connectivity index (χ1n) is 12.3. The van der Waals surface area contributed by atoms with Gasteiger partial charge in [-0.2, -0.15) is 11.8 Å². The molecule has 0 fully saturated rings. The van der Waals surface area contributed by atoms with Crippen molar-refractivity contribution in [3.63, 3.8) is 0 Å². The van der Waals surface area contributed by atoms with Crippen LogP contribution in [0.3, 0.4) is 0 Å². The molecule has 0 saturated carbocycles. The lowest BCUT2D eigenvalue weighted by molar-refractivity contribution is 0.234. The van der Waals surface area contributed by atoms with Gasteiger partial charge in [-0.25, -0.2) is 0 Å². The predicted molar refractivity (Wildman–Crippen MR) is 152 cm³/mol. The predicted octanol–water partition coefficient (Wildman–Crippen LogP) is 6.97. The second kappa shape index (κ2) is 24.7. The molecule has 0 amide bonds. The van der Waals surface area contributed by atoms with Crippen molar-refractivity contribution in [2.75, 3.05) is 45.7 Å². The van der Waals surface area contributed by atoms with Gasteiger partial charge in [0.25, 0.3) is 0 Å². The number of ether oxygens (including phenoxy) is 2. The summed E-state index contributed by atoms with van der Waals surface area (Å²) in [5, 5.41) is 3.96. The van der Waals surface area contributed by atoms with Crippen molar-refractivity contribution in [2.45, 2.75) is 46.3 Å². The highest BCUT2D eigenvalue weighted by Crippen LogP contribution is 2.15. The monoisotopic (exact) mass is 500 g/mol. The molecule has 0 atom stereocenters. The molecule has 1 aromatic heterocycles. The number of benzene rings is 1. The van der Waals surface area contributed by atoms with E-state index in [9.17, 15) is 0 Å². The Labute approximate surface area is 217 Å². The van der Waals surface area contributed by atoms with Crippen LogP contribution in [0.25, 0.3) is 6.08 Å². The lowest BCUT2D eigenvalue weighted by Gasteiger charge is -2.15. The molecule has 5 nitrogen and oxygen atoms in total. The summed E-state index contributed by atoms with van der Waals surface area (Å²) in [6.45, 7) is 13.7. The van der Waals surface area contributed by atoms with Gasteiger partial charge < -0.3 is 18.9 Å². The Hall–Kier alpha value is -2.46. The minimum Gasteiger partial charge on any atom is -0.493 e. The van der Waals surface area contributed by atoms with E-state index in [1.807, 2.05) is 67.6 Å². The van der Waals surface area contributed by atoms with E-state index in [4.69, 9.17) is 20.4 Å². The number of terminal acetylenes is 1. The summed E-state index contributed by atoms with van der Waals surface area (Å²) in [5.74, 6) is 5.99. The molecule has 0 aliphatic rings. The van der Waals surface area contributed by atoms with Crippen molar-refractivity contribution in [2.24, 2.45) is 0 Å². The van der Waals surface area contributed by atoms with Gasteiger partial charge in [-0.3, -0.25) is 0 Å². The molecule has 0 bridgehead atoms. The van der Waals surface area contributed by atoms with Gasteiger partial charge in [0.15, 0.2) is 0 Å². The first-order valence-corrected chi connectivity index (χ1v) is 13.4. The van der Waals surface area contributed by atoms with Gasteiger partial charge in [-0.05, 0) is 51.2 Å². The van der Waals surface area contributed by atoms with Crippen molar-refractivity contribution >= 4 is 17.8 Å². The number of hydrogen-bond donors (Lipinski definition) is 0. The molecule has 2 aromatic rings. The Bertz CT molecular complexity index is 809. The first kappa shape index (κ1) is 32.5. The quantitative estimate of drug-likeness (QED) is 0.159. The average molecular weight is 501 g/mol. The zero-order valence-electron chi connectivity index (χ0n) is 22.2. The van der Waals surface area contributed by atoms with Gasteiger partial charge in [-0.1, -0.05) is 62.4 Å². The molecule has 1 heterocycles. The third-order valence-corrected chi connectivity index (χ3v) is 5.46. The van der Waals surface area contributed by atoms with E-state index in [2.05, 4.69) is 36.7 Å². The Morgan fingerprint density at radius 2 is 1.89 bits per heavy atom. The number of allylic oxidation sites excluding steroid dienone is 2. The number of methoxy groups -OCH3 is 1. The number of aromatic nitrogens is 1. The third kappa shape index (κ3) is 19.5. The van der Waals surface area contributed by atoms with E-state index in [0.29, 0.717) is 13.0 Å². The molecule has 194 valence electrons. The molecular weight excluding hydrogens is 456 g/mol. The standard InChI is InChI=1S/C17H17NO2S.C7H17N.C5H10O/c1-2-3-5-8-15-13-17(20-18-15)14-21-12-11-19-16-9-6-4-7-10-16;1-4-7-8(5-2)6-3;1-3-4-5-6-2/h1,4-10,13H,3,11-12,14H2;4-7H2,1-3H3;3-4H,5H2,1-2H3/b8-5+;;4-3-. The first-order chi connectivity index (χ1) is 17.1. The van der Waals surface area contributed by atoms with E-state index in [-0.39, 0.29) is 0 Å². The highest BCUT2D eigenvalue weighted by Gasteiger charge is 2.02. The molecule has 0 unspecified atom stereocenters. The fraction of sp³-hybridized carbons (Fsp3) is 0.483. The summed E-state index contributed by atoms with van der Waals surface area (Å²) in [7, 11) is 1.68. The Morgan fingerprint density at radius 3 is 2.43 bits per heavy atom. The van der Waals surface area contributed by atoms with Crippen LogP contribution in [-0.2, 0) is 10.5 Å². The van der Waals surface area contributed by atoms with Gasteiger partial charge in [0.05, 0.1) is 19.0 Å². The smallest absolute Gasteiger partial charge is 0.147 e. The van der Waals surface area contributed by atoms with Gasteiger partial charge >= 0.3 is 0 Å². The minimum absolute atomic E-state index is 0.605. The van der Waals surface area contributed by atoms with Crippen molar-refractivity contribution in [1.82, 2.24) is 10.1 Å². The van der Waals surface area contributed by atoms with Crippen LogP contribution in [-0.4, -0.2) is 55.8 Å². The van der Waals surface area contributed by atoms with Crippen LogP contribution in [0.15, 0.2) is 59.1 Å². The van der Waals surface area contributed by atoms with Gasteiger partial charge in [0.2, 0.25) is 0 Å². The Kier molecular flexibility index (Phi) is 22.9. The fourth-order valence-electron chi connectivity index (χ4n) is 2.68. The van der Waals surface area contributed by atoms with Crippen LogP contribution in [0.2, 0.25) is 0 Å². The zero-order valence-corrected chi connectivity index (χ0v) is 23.1. The highest BCUT2D eigenvalue weighted by molar-refractivity contribution is 7.98. The van der Waals surface area contributed by atoms with E-state index in [1.54, 1.807) is 18.9 Å². The summed E-state index contributed by atoms with van der Waals surface area (Å²) in [4.78, 5) is 2.43. The van der Waals surface area contributed by atoms with Crippen LogP contribution in [0.1, 0.15) is 52.0 Å². The van der Waals surface area contributed by atoms with Crippen molar-refractivity contribution < 1.29 is 14.0 Å². The lowest BCUT2D eigenvalue weighted by atomic mass is 10.3. The minimum atomic E-state index is 0.605. The summed E-state index contributed by atoms with van der Waals surface area (Å²) in [6, 6.07) is 11.7. The van der Waals surface area contributed by atoms with Crippen molar-refractivity contribution in [3.05, 3.63) is 66.1 Å². The Morgan fingerprint density at radius 1 is 1.14 bits per heavy atom. The Balaban J connectivity index is 0.000000681. The molecule has 6 heteroatoms. The van der Waals surface area contributed by atoms with Crippen LogP contribution in [0.5, 0.6) is 5.75 Å². The molecule has 2 rings (SSSR count). The molecule has 1 aromatic carbocycles. The summed E-state index contributed by atoms with van der Waals surface area (Å²) >= 11 is 1.75. The van der Waals surface area contributed by atoms with Crippen LogP contribution >= 0.6 is 11.8 Å². The third-order valence-electron chi connectivity index (χ3n) is 4.52. The van der Waals surface area contributed by atoms with E-state index in [0.717, 1.165) is 35.3 Å². The molecule has 35 heavy (non-hydrogen) atoms. The van der Waals surface area contributed by atoms with Crippen molar-refractivity contribution in [1.29, 1.82) is 0 Å². The van der Waals surface area contributed by atoms with Crippen molar-refractivity contribution in [3.8, 4) is 18.1 Å². The zero-order chi connectivity index (χ0) is 26.0. The second-order valence-corrected chi connectivity index (χ2v) is 8.40. The maximum atomic E-state index is 5.62. The molecule has 0 aliphatic carbocycles. The number of rotatable bonds is 14. The van der Waals surface area contributed by atoms with Crippen LogP contribution < -0.4 is 4.74 Å². The van der Waals surface area contributed by atoms with E-state index >= 15 is 0 Å². The number of nitrogens with zero attached hydrogens (tertiary/aromatic N) is 2. The maximum Gasteiger partial charge on any atom is 0.147 e. The average Bonchev–Trinajstić information content (AvgIpc) is 3.35. The van der Waals surface area contributed by atoms with E-state index in [1.165, 1.54) is 26.1 Å². The largest absolute Gasteiger partial charge is 0.493 e. The lowest BCUT2D eigenvalue weighted by Crippen LogP contribution is -2.23. The molecular formula is C29H44N2O3S. The van der Waals surface area contributed by atoms with Crippen LogP contribution in [0.4, 0.5) is 0 Å². The number of hydrogen-bond acceptors (Lipinski definition) is 6. The van der Waals surface area contributed by atoms with Gasteiger partial charge in [-0.15, -0.1) is 12.3 Å². The maximum absolute atomic E-state index is 5.62. The summed E-state index contributed by atoms with van der Waals surface area (Å²) in [5.41, 5.74) is 0.807. The SMILES string of the molecule is C#CC/C=C/c1cc(CSCCOc2ccccc2)on1.C/C=C\COC.CCCN(CC)CC. The molecule has 0 radical (unpaired) electrons. The van der Waals surface area contributed by atoms with Gasteiger partial charge in [0, 0.05) is 25.3 Å². The van der Waals surface area contributed by atoms with Crippen LogP contribution in [0, 0.1) is 12.3 Å². The summed E-state index contributed by atoms with van der Waals surface area (Å²) in [6.07, 6.45) is 14.7. The second-order valence-electron chi connectivity index (χ2n) is 7.29. The molecule has 0 N–H and O–H groups in total. The molecule has 0 saturated heterocycles. The van der Waals surface area contributed by atoms with E-state index < -0.39 is 0 Å². The topological polar surface area (TPSA) is 47.7 Å². The summed E-state index contributed by atoms with van der Waals surface area (Å²) < 4.78 is 15.6. The fourth-order valence-corrected chi connectivity index (χ4v) is 3.36. The molecule has 0 spiro atoms. The normalized spacial score (nSPS) is 10.5.